The third-order valence-electron chi connectivity index (χ3n) is 5.74. The van der Waals surface area contributed by atoms with Crippen LogP contribution in [-0.4, -0.2) is 37.9 Å². The van der Waals surface area contributed by atoms with Crippen molar-refractivity contribution in [3.05, 3.63) is 59.9 Å². The molecule has 0 amide bonds. The summed E-state index contributed by atoms with van der Waals surface area (Å²) in [5.74, 6) is 0.989. The molecule has 4 N–H and O–H groups in total. The maximum absolute atomic E-state index is 9.79. The first-order valence-electron chi connectivity index (χ1n) is 10.3. The molecule has 0 radical (unpaired) electrons. The number of nitriles is 1. The zero-order chi connectivity index (χ0) is 21.4. The lowest BCUT2D eigenvalue weighted by molar-refractivity contribution is 0.474. The molecule has 4 aromatic rings. The maximum atomic E-state index is 9.79. The fourth-order valence-corrected chi connectivity index (χ4v) is 4.14. The van der Waals surface area contributed by atoms with E-state index in [1.807, 2.05) is 18.3 Å². The highest BCUT2D eigenvalue weighted by Gasteiger charge is 2.19. The summed E-state index contributed by atoms with van der Waals surface area (Å²) in [5.41, 5.74) is 6.93. The van der Waals surface area contributed by atoms with Crippen molar-refractivity contribution in [2.75, 3.05) is 6.54 Å². The molecule has 2 aromatic carbocycles. The van der Waals surface area contributed by atoms with E-state index in [-0.39, 0.29) is 11.8 Å². The molecule has 0 aliphatic carbocycles. The third-order valence-corrected chi connectivity index (χ3v) is 5.74. The van der Waals surface area contributed by atoms with Gasteiger partial charge in [0, 0.05) is 24.2 Å². The number of nitrogens with one attached hydrogen (secondary N) is 3. The SMILES string of the molecule is CCc1cc(O)ccc1-c1ccc2c(-c3nc(C4=C[C@@H](CC#N)NC4)c[nH]3)n[nH]c2c1. The number of phenolic OH excluding ortho intramolecular Hbond substituents is 1. The number of hydrogen-bond donors (Lipinski definition) is 4. The van der Waals surface area contributed by atoms with Crippen molar-refractivity contribution in [3.8, 4) is 34.5 Å². The zero-order valence-electron chi connectivity index (χ0n) is 17.1. The average Bonchev–Trinajstić information content (AvgIpc) is 3.52. The number of nitrogens with zero attached hydrogens (tertiary/aromatic N) is 3. The molecule has 0 saturated carbocycles. The van der Waals surface area contributed by atoms with E-state index in [0.29, 0.717) is 18.8 Å². The third kappa shape index (κ3) is 3.47. The normalized spacial score (nSPS) is 15.9. The second kappa shape index (κ2) is 7.74. The molecule has 7 nitrogen and oxygen atoms in total. The van der Waals surface area contributed by atoms with Crippen molar-refractivity contribution in [1.82, 2.24) is 25.5 Å². The van der Waals surface area contributed by atoms with Crippen molar-refractivity contribution in [2.45, 2.75) is 25.8 Å². The monoisotopic (exact) mass is 410 g/mol. The van der Waals surface area contributed by atoms with Crippen LogP contribution in [0.15, 0.2) is 48.7 Å². The molecule has 154 valence electrons. The van der Waals surface area contributed by atoms with Crippen LogP contribution in [0.3, 0.4) is 0 Å². The summed E-state index contributed by atoms with van der Waals surface area (Å²) < 4.78 is 0. The quantitative estimate of drug-likeness (QED) is 0.395. The minimum Gasteiger partial charge on any atom is -0.508 e. The van der Waals surface area contributed by atoms with Crippen molar-refractivity contribution >= 4 is 16.5 Å². The molecule has 1 aliphatic rings. The van der Waals surface area contributed by atoms with E-state index in [4.69, 9.17) is 10.2 Å². The number of imidazole rings is 1. The molecule has 31 heavy (non-hydrogen) atoms. The number of phenols is 1. The molecule has 0 saturated heterocycles. The van der Waals surface area contributed by atoms with Gasteiger partial charge in [-0.1, -0.05) is 25.1 Å². The molecule has 1 aliphatic heterocycles. The van der Waals surface area contributed by atoms with Gasteiger partial charge < -0.3 is 15.4 Å². The largest absolute Gasteiger partial charge is 0.508 e. The van der Waals surface area contributed by atoms with E-state index in [9.17, 15) is 5.11 Å². The molecule has 0 unspecified atom stereocenters. The van der Waals surface area contributed by atoms with Gasteiger partial charge in [0.2, 0.25) is 0 Å². The number of H-pyrrole nitrogens is 2. The molecular weight excluding hydrogens is 388 g/mol. The average molecular weight is 410 g/mol. The first-order valence-corrected chi connectivity index (χ1v) is 10.3. The summed E-state index contributed by atoms with van der Waals surface area (Å²) in [6.45, 7) is 2.78. The topological polar surface area (TPSA) is 113 Å². The first-order chi connectivity index (χ1) is 15.2. The van der Waals surface area contributed by atoms with Crippen LogP contribution in [0.2, 0.25) is 0 Å². The minimum absolute atomic E-state index is 0.0812. The molecule has 2 aromatic heterocycles. The fraction of sp³-hybridized carbons (Fsp3) is 0.208. The van der Waals surface area contributed by atoms with E-state index < -0.39 is 0 Å². The number of benzene rings is 2. The highest BCUT2D eigenvalue weighted by molar-refractivity contribution is 5.94. The van der Waals surface area contributed by atoms with Gasteiger partial charge in [-0.05, 0) is 52.9 Å². The van der Waals surface area contributed by atoms with Crippen molar-refractivity contribution < 1.29 is 5.11 Å². The summed E-state index contributed by atoms with van der Waals surface area (Å²) in [7, 11) is 0. The van der Waals surface area contributed by atoms with Crippen molar-refractivity contribution in [2.24, 2.45) is 0 Å². The molecule has 5 rings (SSSR count). The lowest BCUT2D eigenvalue weighted by Gasteiger charge is -2.09. The molecule has 0 fully saturated rings. The van der Waals surface area contributed by atoms with Crippen molar-refractivity contribution in [1.29, 1.82) is 5.26 Å². The van der Waals surface area contributed by atoms with Crippen LogP contribution >= 0.6 is 0 Å². The van der Waals surface area contributed by atoms with Gasteiger partial charge in [0.25, 0.3) is 0 Å². The number of fused-ring (bicyclic) bond motifs is 1. The highest BCUT2D eigenvalue weighted by atomic mass is 16.3. The summed E-state index contributed by atoms with van der Waals surface area (Å²) in [5, 5.41) is 30.6. The second-order valence-corrected chi connectivity index (χ2v) is 7.70. The van der Waals surface area contributed by atoms with Gasteiger partial charge in [0.05, 0.1) is 23.7 Å². The zero-order valence-corrected chi connectivity index (χ0v) is 17.1. The van der Waals surface area contributed by atoms with Gasteiger partial charge in [-0.25, -0.2) is 4.98 Å². The Morgan fingerprint density at radius 3 is 2.97 bits per heavy atom. The molecular formula is C24H22N6O. The maximum Gasteiger partial charge on any atom is 0.159 e. The number of rotatable bonds is 5. The van der Waals surface area contributed by atoms with Gasteiger partial charge in [-0.15, -0.1) is 0 Å². The summed E-state index contributed by atoms with van der Waals surface area (Å²) >= 11 is 0. The molecule has 1 atom stereocenters. The van der Waals surface area contributed by atoms with Gasteiger partial charge in [-0.3, -0.25) is 5.10 Å². The first kappa shape index (κ1) is 19.1. The van der Waals surface area contributed by atoms with Gasteiger partial charge in [-0.2, -0.15) is 10.4 Å². The van der Waals surface area contributed by atoms with Crippen LogP contribution in [0.4, 0.5) is 0 Å². The Hall–Kier alpha value is -3.89. The Labute approximate surface area is 179 Å². The van der Waals surface area contributed by atoms with Crippen LogP contribution < -0.4 is 5.32 Å². The molecule has 0 spiro atoms. The standard InChI is InChI=1S/C24H22N6O/c1-2-14-10-18(31)4-6-19(14)15-3-5-20-21(11-15)29-30-23(20)24-27-13-22(28-24)16-9-17(7-8-25)26-12-16/h3-6,9-11,13,17,26,31H,2,7,12H2,1H3,(H,27,28)(H,29,30)/t17-/m1/s1. The number of aromatic hydroxyl groups is 1. The van der Waals surface area contributed by atoms with Gasteiger partial charge in [0.1, 0.15) is 11.4 Å². The Kier molecular flexibility index (Phi) is 4.77. The van der Waals surface area contributed by atoms with Crippen LogP contribution in [0.25, 0.3) is 39.1 Å². The minimum atomic E-state index is 0.0812. The van der Waals surface area contributed by atoms with E-state index in [1.165, 1.54) is 0 Å². The molecule has 3 heterocycles. The Balaban J connectivity index is 1.48. The number of hydrogen-bond acceptors (Lipinski definition) is 5. The Morgan fingerprint density at radius 1 is 1.23 bits per heavy atom. The second-order valence-electron chi connectivity index (χ2n) is 7.70. The molecule has 0 bridgehead atoms. The van der Waals surface area contributed by atoms with E-state index in [0.717, 1.165) is 51.0 Å². The number of aryl methyl sites for hydroxylation is 1. The summed E-state index contributed by atoms with van der Waals surface area (Å²) in [4.78, 5) is 7.98. The number of aromatic amines is 2. The molecule has 7 heteroatoms. The van der Waals surface area contributed by atoms with Crippen LogP contribution in [-0.2, 0) is 6.42 Å². The lowest BCUT2D eigenvalue weighted by atomic mass is 9.97. The van der Waals surface area contributed by atoms with Crippen LogP contribution in [0.5, 0.6) is 5.75 Å². The summed E-state index contributed by atoms with van der Waals surface area (Å²) in [6, 6.07) is 14.0. The smallest absolute Gasteiger partial charge is 0.159 e. The van der Waals surface area contributed by atoms with E-state index >= 15 is 0 Å². The Morgan fingerprint density at radius 2 is 2.13 bits per heavy atom. The predicted octanol–water partition coefficient (Wildman–Crippen LogP) is 4.16. The lowest BCUT2D eigenvalue weighted by Crippen LogP contribution is -2.21. The fourth-order valence-electron chi connectivity index (χ4n) is 4.14. The van der Waals surface area contributed by atoms with Crippen molar-refractivity contribution in [3.63, 3.8) is 0 Å². The van der Waals surface area contributed by atoms with Gasteiger partial charge in [0.15, 0.2) is 5.82 Å². The Bertz CT molecular complexity index is 1340. The predicted molar refractivity (Wildman–Crippen MR) is 120 cm³/mol. The van der Waals surface area contributed by atoms with Crippen LogP contribution in [0, 0.1) is 11.3 Å². The summed E-state index contributed by atoms with van der Waals surface area (Å²) in [6.07, 6.45) is 5.25. The van der Waals surface area contributed by atoms with E-state index in [1.54, 1.807) is 6.07 Å². The van der Waals surface area contributed by atoms with Gasteiger partial charge >= 0.3 is 0 Å². The highest BCUT2D eigenvalue weighted by Crippen LogP contribution is 2.32. The van der Waals surface area contributed by atoms with E-state index in [2.05, 4.69) is 57.8 Å². The van der Waals surface area contributed by atoms with Crippen LogP contribution in [0.1, 0.15) is 24.6 Å². The number of aromatic nitrogens is 4.